The van der Waals surface area contributed by atoms with Gasteiger partial charge in [-0.15, -0.1) is 0 Å². The molecule has 0 amide bonds. The van der Waals surface area contributed by atoms with E-state index in [2.05, 4.69) is 27.4 Å². The average Bonchev–Trinajstić information content (AvgIpc) is 3.05. The summed E-state index contributed by atoms with van der Waals surface area (Å²) in [5, 5.41) is 11.9. The second-order valence-electron chi connectivity index (χ2n) is 4.67. The summed E-state index contributed by atoms with van der Waals surface area (Å²) in [4.78, 5) is 4.42. The fourth-order valence-electron chi connectivity index (χ4n) is 2.15. The van der Waals surface area contributed by atoms with E-state index in [1.807, 2.05) is 19.2 Å². The van der Waals surface area contributed by atoms with Crippen LogP contribution < -0.4 is 5.32 Å². The highest BCUT2D eigenvalue weighted by atomic mass is 32.1. The number of nitrogens with zero attached hydrogens (tertiary/aromatic N) is 2. The topological polar surface area (TPSA) is 53.6 Å². The van der Waals surface area contributed by atoms with Crippen LogP contribution in [-0.4, -0.2) is 21.2 Å². The fourth-order valence-corrected chi connectivity index (χ4v) is 2.15. The van der Waals surface area contributed by atoms with Gasteiger partial charge in [0.1, 0.15) is 5.82 Å². The van der Waals surface area contributed by atoms with Gasteiger partial charge in [-0.2, -0.15) is 18.6 Å². The van der Waals surface area contributed by atoms with E-state index in [-0.39, 0.29) is 13.5 Å². The number of hydrogen-bond acceptors (Lipinski definition) is 3. The monoisotopic (exact) mass is 250 g/mol. The Hall–Kier alpha value is -1.23. The van der Waals surface area contributed by atoms with Crippen molar-refractivity contribution in [3.63, 3.8) is 0 Å². The Labute approximate surface area is 108 Å². The summed E-state index contributed by atoms with van der Waals surface area (Å²) in [6, 6.07) is 2.44. The first-order valence-corrected chi connectivity index (χ1v) is 5.82. The van der Waals surface area contributed by atoms with Gasteiger partial charge in [0.05, 0.1) is 10.9 Å². The van der Waals surface area contributed by atoms with Gasteiger partial charge in [0.15, 0.2) is 0 Å². The second-order valence-corrected chi connectivity index (χ2v) is 4.67. The fraction of sp³-hybridized carbons (Fsp3) is 0.500. The number of aryl methyl sites for hydroxylation is 1. The maximum Gasteiger partial charge on any atom is 0.137 e. The van der Waals surface area contributed by atoms with Crippen LogP contribution in [0.1, 0.15) is 25.5 Å². The Morgan fingerprint density at radius 3 is 2.94 bits per heavy atom. The third-order valence-corrected chi connectivity index (χ3v) is 3.34. The molecule has 0 saturated heterocycles. The van der Waals surface area contributed by atoms with E-state index in [0.717, 1.165) is 28.3 Å². The van der Waals surface area contributed by atoms with Crippen LogP contribution in [0.15, 0.2) is 12.3 Å². The van der Waals surface area contributed by atoms with Crippen molar-refractivity contribution in [1.29, 1.82) is 0 Å². The molecule has 1 fully saturated rings. The Morgan fingerprint density at radius 1 is 1.47 bits per heavy atom. The molecule has 1 aliphatic rings. The van der Waals surface area contributed by atoms with Gasteiger partial charge < -0.3 is 5.32 Å². The lowest BCUT2D eigenvalue weighted by Gasteiger charge is -2.14. The van der Waals surface area contributed by atoms with Crippen LogP contribution in [-0.2, 0) is 0 Å². The molecule has 5 heteroatoms. The third kappa shape index (κ3) is 2.24. The zero-order valence-corrected chi connectivity index (χ0v) is 11.1. The quantitative estimate of drug-likeness (QED) is 0.880. The van der Waals surface area contributed by atoms with Crippen LogP contribution in [0.5, 0.6) is 0 Å². The minimum Gasteiger partial charge on any atom is -0.367 e. The molecule has 0 spiro atoms. The number of aromatic amines is 1. The van der Waals surface area contributed by atoms with E-state index < -0.39 is 0 Å². The Morgan fingerprint density at radius 2 is 2.24 bits per heavy atom. The molecule has 2 heterocycles. The highest BCUT2D eigenvalue weighted by Crippen LogP contribution is 2.34. The summed E-state index contributed by atoms with van der Waals surface area (Å²) in [6.07, 6.45) is 4.49. The highest BCUT2D eigenvalue weighted by Gasteiger charge is 2.28. The van der Waals surface area contributed by atoms with Gasteiger partial charge in [-0.25, -0.2) is 4.98 Å². The smallest absolute Gasteiger partial charge is 0.137 e. The van der Waals surface area contributed by atoms with Crippen molar-refractivity contribution in [2.24, 2.45) is 5.92 Å². The molecule has 1 atom stereocenters. The Bertz CT molecular complexity index is 518. The number of aromatic nitrogens is 3. The van der Waals surface area contributed by atoms with E-state index >= 15 is 0 Å². The molecular weight excluding hydrogens is 232 g/mol. The van der Waals surface area contributed by atoms with E-state index in [9.17, 15) is 0 Å². The Balaban J connectivity index is 0.00000108. The maximum absolute atomic E-state index is 4.42. The predicted octanol–water partition coefficient (Wildman–Crippen LogP) is 2.59. The van der Waals surface area contributed by atoms with Crippen LogP contribution in [0.4, 0.5) is 5.82 Å². The van der Waals surface area contributed by atoms with Gasteiger partial charge in [0, 0.05) is 17.9 Å². The molecule has 0 bridgehead atoms. The van der Waals surface area contributed by atoms with E-state index in [0.29, 0.717) is 6.04 Å². The lowest BCUT2D eigenvalue weighted by molar-refractivity contribution is 0.692. The zero-order chi connectivity index (χ0) is 11.1. The van der Waals surface area contributed by atoms with Crippen molar-refractivity contribution < 1.29 is 0 Å². The molecule has 2 aromatic heterocycles. The van der Waals surface area contributed by atoms with Crippen molar-refractivity contribution in [2.75, 3.05) is 5.32 Å². The van der Waals surface area contributed by atoms with Gasteiger partial charge in [-0.1, -0.05) is 0 Å². The number of H-pyrrole nitrogens is 1. The van der Waals surface area contributed by atoms with Crippen LogP contribution >= 0.6 is 13.5 Å². The summed E-state index contributed by atoms with van der Waals surface area (Å²) in [6.45, 7) is 4.26. The van der Waals surface area contributed by atoms with Gasteiger partial charge in [0.2, 0.25) is 0 Å². The molecule has 1 aliphatic carbocycles. The van der Waals surface area contributed by atoms with Crippen molar-refractivity contribution in [2.45, 2.75) is 32.7 Å². The standard InChI is InChI=1S/C12H16N4.H2S/c1-7(9-3-4-9)14-12-11-8(2)15-16-10(11)5-6-13-12;/h5-7,9H,3-4H2,1-2H3,(H,13,14)(H,15,16);1H2/t7-;/m0./s1. The van der Waals surface area contributed by atoms with E-state index in [1.54, 1.807) is 0 Å². The van der Waals surface area contributed by atoms with Gasteiger partial charge in [0.25, 0.3) is 0 Å². The van der Waals surface area contributed by atoms with Crippen molar-refractivity contribution in [3.8, 4) is 0 Å². The molecule has 92 valence electrons. The SMILES string of the molecule is Cc1[nH]nc2ccnc(N[C@@H](C)C3CC3)c12.S. The first-order chi connectivity index (χ1) is 7.75. The van der Waals surface area contributed by atoms with Crippen LogP contribution in [0, 0.1) is 12.8 Å². The van der Waals surface area contributed by atoms with Gasteiger partial charge in [-0.05, 0) is 38.7 Å². The van der Waals surface area contributed by atoms with Gasteiger partial charge in [-0.3, -0.25) is 5.10 Å². The molecule has 2 N–H and O–H groups in total. The first kappa shape index (κ1) is 12.2. The van der Waals surface area contributed by atoms with E-state index in [4.69, 9.17) is 0 Å². The van der Waals surface area contributed by atoms with Crippen molar-refractivity contribution in [3.05, 3.63) is 18.0 Å². The lowest BCUT2D eigenvalue weighted by Crippen LogP contribution is -2.18. The van der Waals surface area contributed by atoms with Crippen LogP contribution in [0.25, 0.3) is 10.9 Å². The van der Waals surface area contributed by atoms with Crippen LogP contribution in [0.3, 0.4) is 0 Å². The molecule has 4 nitrogen and oxygen atoms in total. The number of rotatable bonds is 3. The highest BCUT2D eigenvalue weighted by molar-refractivity contribution is 7.59. The van der Waals surface area contributed by atoms with Crippen molar-refractivity contribution in [1.82, 2.24) is 15.2 Å². The summed E-state index contributed by atoms with van der Waals surface area (Å²) >= 11 is 0. The zero-order valence-electron chi connectivity index (χ0n) is 10.1. The summed E-state index contributed by atoms with van der Waals surface area (Å²) < 4.78 is 0. The summed E-state index contributed by atoms with van der Waals surface area (Å²) in [5.74, 6) is 1.78. The summed E-state index contributed by atoms with van der Waals surface area (Å²) in [7, 11) is 0. The molecule has 3 rings (SSSR count). The second kappa shape index (κ2) is 4.56. The molecule has 17 heavy (non-hydrogen) atoms. The van der Waals surface area contributed by atoms with E-state index in [1.165, 1.54) is 12.8 Å². The van der Waals surface area contributed by atoms with Crippen LogP contribution in [0.2, 0.25) is 0 Å². The largest absolute Gasteiger partial charge is 0.367 e. The summed E-state index contributed by atoms with van der Waals surface area (Å²) in [5.41, 5.74) is 2.06. The first-order valence-electron chi connectivity index (χ1n) is 5.82. The minimum absolute atomic E-state index is 0. The molecule has 1 saturated carbocycles. The van der Waals surface area contributed by atoms with Crippen molar-refractivity contribution >= 4 is 30.2 Å². The average molecular weight is 250 g/mol. The molecular formula is C12H18N4S. The number of fused-ring (bicyclic) bond motifs is 1. The molecule has 0 aliphatic heterocycles. The lowest BCUT2D eigenvalue weighted by atomic mass is 10.2. The normalized spacial score (nSPS) is 16.6. The minimum atomic E-state index is 0. The predicted molar refractivity (Wildman–Crippen MR) is 74.8 cm³/mol. The molecule has 0 radical (unpaired) electrons. The maximum atomic E-state index is 4.42. The third-order valence-electron chi connectivity index (χ3n) is 3.34. The number of anilines is 1. The molecule has 0 unspecified atom stereocenters. The number of hydrogen-bond donors (Lipinski definition) is 2. The number of pyridine rings is 1. The Kier molecular flexibility index (Phi) is 3.28. The molecule has 2 aromatic rings. The molecule has 0 aromatic carbocycles. The number of nitrogens with one attached hydrogen (secondary N) is 2. The van der Waals surface area contributed by atoms with Gasteiger partial charge >= 0.3 is 0 Å².